The zero-order valence-corrected chi connectivity index (χ0v) is 10.7. The van der Waals surface area contributed by atoms with Crippen LogP contribution in [0.5, 0.6) is 5.75 Å². The molecule has 0 radical (unpaired) electrons. The van der Waals surface area contributed by atoms with E-state index < -0.39 is 0 Å². The van der Waals surface area contributed by atoms with E-state index in [0.29, 0.717) is 0 Å². The average molecular weight is 241 g/mol. The average Bonchev–Trinajstić information content (AvgIpc) is 2.39. The third-order valence-corrected chi connectivity index (χ3v) is 3.00. The molecule has 0 fully saturated rings. The predicted octanol–water partition coefficient (Wildman–Crippen LogP) is 3.59. The first-order chi connectivity index (χ1) is 8.75. The van der Waals surface area contributed by atoms with E-state index in [9.17, 15) is 0 Å². The molecule has 2 N–H and O–H groups in total. The Labute approximate surface area is 108 Å². The molecule has 2 heteroatoms. The highest BCUT2D eigenvalue weighted by molar-refractivity contribution is 5.41. The first kappa shape index (κ1) is 12.5. The van der Waals surface area contributed by atoms with Crippen LogP contribution in [0.2, 0.25) is 0 Å². The monoisotopic (exact) mass is 241 g/mol. The molecular formula is C16H19NO. The topological polar surface area (TPSA) is 35.2 Å². The van der Waals surface area contributed by atoms with Crippen molar-refractivity contribution in [3.8, 4) is 5.75 Å². The van der Waals surface area contributed by atoms with E-state index in [0.717, 1.165) is 30.9 Å². The molecule has 2 nitrogen and oxygen atoms in total. The van der Waals surface area contributed by atoms with Gasteiger partial charge < -0.3 is 10.5 Å². The van der Waals surface area contributed by atoms with Crippen molar-refractivity contribution in [2.45, 2.75) is 19.8 Å². The smallest absolute Gasteiger partial charge is 0.119 e. The van der Waals surface area contributed by atoms with Crippen LogP contribution in [-0.2, 0) is 6.42 Å². The second-order valence-corrected chi connectivity index (χ2v) is 4.45. The van der Waals surface area contributed by atoms with Crippen molar-refractivity contribution < 1.29 is 4.74 Å². The SMILES string of the molecule is Cc1ccccc1CCCOc1ccc(N)cc1. The molecule has 0 spiro atoms. The first-order valence-corrected chi connectivity index (χ1v) is 6.28. The standard InChI is InChI=1S/C16H19NO/c1-13-5-2-3-6-14(13)7-4-12-18-16-10-8-15(17)9-11-16/h2-3,5-6,8-11H,4,7,12,17H2,1H3. The minimum Gasteiger partial charge on any atom is -0.494 e. The highest BCUT2D eigenvalue weighted by Crippen LogP contribution is 2.14. The van der Waals surface area contributed by atoms with Crippen molar-refractivity contribution in [1.29, 1.82) is 0 Å². The molecule has 0 aromatic heterocycles. The van der Waals surface area contributed by atoms with Gasteiger partial charge in [-0.3, -0.25) is 0 Å². The minimum atomic E-state index is 0.734. The lowest BCUT2D eigenvalue weighted by Crippen LogP contribution is -2.00. The molecule has 0 aliphatic rings. The maximum atomic E-state index is 5.67. The zero-order chi connectivity index (χ0) is 12.8. The molecule has 0 unspecified atom stereocenters. The van der Waals surface area contributed by atoms with Crippen LogP contribution in [0, 0.1) is 6.92 Å². The molecule has 94 valence electrons. The van der Waals surface area contributed by atoms with Gasteiger partial charge in [0.05, 0.1) is 6.61 Å². The van der Waals surface area contributed by atoms with Gasteiger partial charge in [-0.25, -0.2) is 0 Å². The summed E-state index contributed by atoms with van der Waals surface area (Å²) in [5.41, 5.74) is 9.14. The number of rotatable bonds is 5. The highest BCUT2D eigenvalue weighted by atomic mass is 16.5. The Bertz CT molecular complexity index is 491. The van der Waals surface area contributed by atoms with Gasteiger partial charge in [-0.05, 0) is 55.2 Å². The summed E-state index contributed by atoms with van der Waals surface area (Å²) in [6.07, 6.45) is 2.08. The molecule has 18 heavy (non-hydrogen) atoms. The van der Waals surface area contributed by atoms with Crippen molar-refractivity contribution in [1.82, 2.24) is 0 Å². The summed E-state index contributed by atoms with van der Waals surface area (Å²) in [7, 11) is 0. The molecule has 0 amide bonds. The van der Waals surface area contributed by atoms with Crippen LogP contribution in [0.1, 0.15) is 17.5 Å². The molecular weight excluding hydrogens is 222 g/mol. The molecule has 0 aliphatic carbocycles. The number of hydrogen-bond donors (Lipinski definition) is 1. The van der Waals surface area contributed by atoms with Gasteiger partial charge in [0.25, 0.3) is 0 Å². The van der Waals surface area contributed by atoms with Crippen molar-refractivity contribution in [3.05, 3.63) is 59.7 Å². The van der Waals surface area contributed by atoms with Crippen LogP contribution in [0.4, 0.5) is 5.69 Å². The van der Waals surface area contributed by atoms with E-state index in [1.54, 1.807) is 0 Å². The quantitative estimate of drug-likeness (QED) is 0.641. The van der Waals surface area contributed by atoms with E-state index in [1.807, 2.05) is 24.3 Å². The fraction of sp³-hybridized carbons (Fsp3) is 0.250. The van der Waals surface area contributed by atoms with Crippen LogP contribution >= 0.6 is 0 Å². The minimum absolute atomic E-state index is 0.734. The van der Waals surface area contributed by atoms with Gasteiger partial charge in [0.2, 0.25) is 0 Å². The third-order valence-electron chi connectivity index (χ3n) is 3.00. The second kappa shape index (κ2) is 6.10. The van der Waals surface area contributed by atoms with Crippen LogP contribution in [0.3, 0.4) is 0 Å². The lowest BCUT2D eigenvalue weighted by molar-refractivity contribution is 0.311. The predicted molar refractivity (Wildman–Crippen MR) is 75.8 cm³/mol. The Kier molecular flexibility index (Phi) is 4.24. The largest absolute Gasteiger partial charge is 0.494 e. The molecule has 0 heterocycles. The van der Waals surface area contributed by atoms with Crippen LogP contribution < -0.4 is 10.5 Å². The normalized spacial score (nSPS) is 10.3. The number of nitrogen functional groups attached to an aromatic ring is 1. The molecule has 0 saturated heterocycles. The number of hydrogen-bond acceptors (Lipinski definition) is 2. The van der Waals surface area contributed by atoms with Gasteiger partial charge >= 0.3 is 0 Å². The summed E-state index contributed by atoms with van der Waals surface area (Å²) in [4.78, 5) is 0. The summed E-state index contributed by atoms with van der Waals surface area (Å²) >= 11 is 0. The number of anilines is 1. The van der Waals surface area contributed by atoms with Crippen LogP contribution in [0.15, 0.2) is 48.5 Å². The number of ether oxygens (including phenoxy) is 1. The lowest BCUT2D eigenvalue weighted by Gasteiger charge is -2.08. The Hall–Kier alpha value is -1.96. The molecule has 0 atom stereocenters. The summed E-state index contributed by atoms with van der Waals surface area (Å²) in [6, 6.07) is 16.0. The van der Waals surface area contributed by atoms with Crippen LogP contribution in [0.25, 0.3) is 0 Å². The molecule has 0 bridgehead atoms. The summed E-state index contributed by atoms with van der Waals surface area (Å²) in [5.74, 6) is 0.883. The first-order valence-electron chi connectivity index (χ1n) is 6.28. The Morgan fingerprint density at radius 3 is 2.44 bits per heavy atom. The number of aryl methyl sites for hydroxylation is 2. The molecule has 2 rings (SSSR count). The van der Waals surface area contributed by atoms with Crippen LogP contribution in [-0.4, -0.2) is 6.61 Å². The van der Waals surface area contributed by atoms with Gasteiger partial charge in [0, 0.05) is 5.69 Å². The second-order valence-electron chi connectivity index (χ2n) is 4.45. The van der Waals surface area contributed by atoms with Crippen molar-refractivity contribution in [2.75, 3.05) is 12.3 Å². The fourth-order valence-corrected chi connectivity index (χ4v) is 1.91. The number of benzene rings is 2. The number of nitrogens with two attached hydrogens (primary N) is 1. The van der Waals surface area contributed by atoms with E-state index in [-0.39, 0.29) is 0 Å². The van der Waals surface area contributed by atoms with E-state index in [1.165, 1.54) is 11.1 Å². The molecule has 0 aliphatic heterocycles. The Balaban J connectivity index is 1.76. The molecule has 2 aromatic carbocycles. The van der Waals surface area contributed by atoms with Gasteiger partial charge in [0.1, 0.15) is 5.75 Å². The van der Waals surface area contributed by atoms with E-state index in [4.69, 9.17) is 10.5 Å². The zero-order valence-electron chi connectivity index (χ0n) is 10.7. The maximum absolute atomic E-state index is 5.67. The Morgan fingerprint density at radius 1 is 1.00 bits per heavy atom. The van der Waals surface area contributed by atoms with Gasteiger partial charge in [-0.2, -0.15) is 0 Å². The van der Waals surface area contributed by atoms with Crippen molar-refractivity contribution in [3.63, 3.8) is 0 Å². The highest BCUT2D eigenvalue weighted by Gasteiger charge is 1.98. The summed E-state index contributed by atoms with van der Waals surface area (Å²) in [5, 5.41) is 0. The van der Waals surface area contributed by atoms with Crippen molar-refractivity contribution >= 4 is 5.69 Å². The molecule has 0 saturated carbocycles. The van der Waals surface area contributed by atoms with Gasteiger partial charge in [0.15, 0.2) is 0 Å². The van der Waals surface area contributed by atoms with Gasteiger partial charge in [-0.15, -0.1) is 0 Å². The van der Waals surface area contributed by atoms with Crippen molar-refractivity contribution in [2.24, 2.45) is 0 Å². The van der Waals surface area contributed by atoms with E-state index in [2.05, 4.69) is 31.2 Å². The lowest BCUT2D eigenvalue weighted by atomic mass is 10.0. The fourth-order valence-electron chi connectivity index (χ4n) is 1.91. The third kappa shape index (κ3) is 3.52. The Morgan fingerprint density at radius 2 is 1.72 bits per heavy atom. The molecule has 2 aromatic rings. The van der Waals surface area contributed by atoms with E-state index >= 15 is 0 Å². The summed E-state index contributed by atoms with van der Waals surface area (Å²) in [6.45, 7) is 2.88. The maximum Gasteiger partial charge on any atom is 0.119 e. The van der Waals surface area contributed by atoms with Gasteiger partial charge in [-0.1, -0.05) is 24.3 Å². The summed E-state index contributed by atoms with van der Waals surface area (Å²) < 4.78 is 5.67.